The smallest absolute Gasteiger partial charge is 0.493 e. The van der Waals surface area contributed by atoms with Crippen molar-refractivity contribution in [1.82, 2.24) is 0 Å². The van der Waals surface area contributed by atoms with Crippen LogP contribution in [-0.4, -0.2) is 53.9 Å². The van der Waals surface area contributed by atoms with Crippen LogP contribution in [0, 0.1) is 17.0 Å². The summed E-state index contributed by atoms with van der Waals surface area (Å²) in [6.07, 6.45) is 1.61. The van der Waals surface area contributed by atoms with Crippen LogP contribution in [0.4, 0.5) is 5.69 Å². The number of benzene rings is 1. The van der Waals surface area contributed by atoms with Gasteiger partial charge in [-0.1, -0.05) is 0 Å². The molecule has 0 aromatic heterocycles. The molecule has 0 aliphatic heterocycles. The number of hydrogen-bond acceptors (Lipinski definition) is 8. The van der Waals surface area contributed by atoms with E-state index in [9.17, 15) is 10.1 Å². The molecule has 1 atom stereocenters. The first kappa shape index (κ1) is 30.3. The summed E-state index contributed by atoms with van der Waals surface area (Å²) in [7, 11) is -1.17. The summed E-state index contributed by atoms with van der Waals surface area (Å²) in [6.45, 7) is 13.7. The summed E-state index contributed by atoms with van der Waals surface area (Å²) in [5, 5.41) is 11.6. The second-order valence-corrected chi connectivity index (χ2v) is 9.71. The predicted molar refractivity (Wildman–Crippen MR) is 124 cm³/mol. The molecule has 0 aliphatic rings. The minimum Gasteiger partial charge on any atom is -0.493 e. The Balaban J connectivity index is 0.0000102. The normalized spacial score (nSPS) is 12.2. The van der Waals surface area contributed by atoms with E-state index in [1.165, 1.54) is 13.2 Å². The van der Waals surface area contributed by atoms with Crippen LogP contribution in [0.2, 0.25) is 6.04 Å². The molecule has 0 radical (unpaired) electrons. The Morgan fingerprint density at radius 1 is 1.03 bits per heavy atom. The van der Waals surface area contributed by atoms with E-state index in [1.54, 1.807) is 13.0 Å². The number of nitro groups is 1. The monoisotopic (exact) mass is 739 g/mol. The number of nitro benzene ring substituents is 1. The van der Waals surface area contributed by atoms with Gasteiger partial charge in [-0.25, -0.2) is 0 Å². The molecule has 1 rings (SSSR count). The largest absolute Gasteiger partial charge is 0.500 e. The summed E-state index contributed by atoms with van der Waals surface area (Å²) in [4.78, 5) is 11.2. The first-order valence-electron chi connectivity index (χ1n) is 11.2. The van der Waals surface area contributed by atoms with Crippen LogP contribution in [0.5, 0.6) is 11.5 Å². The molecule has 0 spiro atoms. The van der Waals surface area contributed by atoms with Gasteiger partial charge in [-0.3, -0.25) is 10.1 Å². The minimum atomic E-state index is -2.67. The summed E-state index contributed by atoms with van der Waals surface area (Å²) in [5.41, 5.74) is 0.378. The average Bonchev–Trinajstić information content (AvgIpc) is 2.77. The maximum Gasteiger partial charge on any atom is 0.500 e. The average molecular weight is 740 g/mol. The fraction of sp³-hybridized carbons (Fsp3) is 0.682. The molecule has 1 aromatic rings. The van der Waals surface area contributed by atoms with E-state index in [-0.39, 0.29) is 5.69 Å². The van der Waals surface area contributed by atoms with E-state index in [4.69, 9.17) is 27.5 Å². The molecule has 0 saturated heterocycles. The summed E-state index contributed by atoms with van der Waals surface area (Å²) in [6, 6.07) is 3.70. The van der Waals surface area contributed by atoms with E-state index in [2.05, 4.69) is 6.92 Å². The molecule has 0 N–H and O–H groups in total. The van der Waals surface area contributed by atoms with Gasteiger partial charge in [-0.05, 0) is 46.6 Å². The van der Waals surface area contributed by atoms with Crippen LogP contribution in [0.25, 0.3) is 0 Å². The molecular formula is C22H38NO8RfSi-. The Hall–Kier alpha value is -2.72. The summed E-state index contributed by atoms with van der Waals surface area (Å²) >= 11 is 0. The van der Waals surface area contributed by atoms with E-state index in [1.807, 2.05) is 20.8 Å². The molecule has 186 valence electrons. The van der Waals surface area contributed by atoms with Crippen molar-refractivity contribution < 1.29 is 32.4 Å². The Kier molecular flexibility index (Phi) is 14.7. The fourth-order valence-electron chi connectivity index (χ4n) is 3.30. The van der Waals surface area contributed by atoms with Gasteiger partial charge >= 0.3 is 8.80 Å². The maximum absolute atomic E-state index is 11.6. The molecule has 0 saturated carbocycles. The predicted octanol–water partition coefficient (Wildman–Crippen LogP) is 5.11. The van der Waals surface area contributed by atoms with Crippen LogP contribution >= 0.6 is 0 Å². The zero-order chi connectivity index (χ0) is 24.0. The Morgan fingerprint density at radius 2 is 1.64 bits per heavy atom. The van der Waals surface area contributed by atoms with Gasteiger partial charge < -0.3 is 34.4 Å². The molecule has 0 amide bonds. The fourth-order valence-corrected chi connectivity index (χ4v) is 5.98. The van der Waals surface area contributed by atoms with Crippen LogP contribution in [0.3, 0.4) is 0 Å². The molecule has 0 bridgehead atoms. The number of unbranched alkanes of at least 4 members (excludes halogenated alkanes) is 1. The van der Waals surface area contributed by atoms with E-state index in [0.29, 0.717) is 62.6 Å². The zero-order valence-corrected chi connectivity index (χ0v) is 28.1. The third kappa shape index (κ3) is 9.35. The third-order valence-electron chi connectivity index (χ3n) is 4.69. The SMILES string of the molecule is [CH2-]CCOc1cc([N+](=O)[O-])c(C(C)OCCCC[Si](OCC)(OCC)OCC)cc1OC.[Rf]. The number of rotatable bonds is 18. The standard InChI is InChI=1S/C22H38NO8Si.Rf/c1-7-13-28-22-17-20(23(24)25)19(16-21(22)26-6)18(5)27-14-11-12-15-32(29-8-2,30-9-3)31-10-4;/h16-18H,1,7-15H2,2-6H3;/q-1;. The van der Waals surface area contributed by atoms with E-state index < -0.39 is 19.8 Å². The van der Waals surface area contributed by atoms with Crippen LogP contribution in [0.15, 0.2) is 12.1 Å². The molecule has 1 aromatic carbocycles. The van der Waals surface area contributed by atoms with Crippen molar-refractivity contribution in [1.29, 1.82) is 0 Å². The van der Waals surface area contributed by atoms with Crippen molar-refractivity contribution in [3.05, 3.63) is 34.7 Å². The molecule has 11 heteroatoms. The van der Waals surface area contributed by atoms with Crippen molar-refractivity contribution in [3.63, 3.8) is 0 Å². The van der Waals surface area contributed by atoms with Gasteiger partial charge in [-0.15, -0.1) is 6.42 Å². The third-order valence-corrected chi connectivity index (χ3v) is 7.84. The molecule has 0 aliphatic carbocycles. The van der Waals surface area contributed by atoms with Crippen molar-refractivity contribution in [3.8, 4) is 11.5 Å². The molecule has 0 fully saturated rings. The zero-order valence-electron chi connectivity index (χ0n) is 20.7. The van der Waals surface area contributed by atoms with Crippen molar-refractivity contribution in [2.45, 2.75) is 59.1 Å². The van der Waals surface area contributed by atoms with Crippen LogP contribution in [-0.2, 0) is 18.0 Å². The second-order valence-electron chi connectivity index (χ2n) is 6.97. The van der Waals surface area contributed by atoms with Gasteiger partial charge in [-0.2, -0.15) is 0 Å². The van der Waals surface area contributed by atoms with Crippen molar-refractivity contribution in [2.75, 3.05) is 40.1 Å². The van der Waals surface area contributed by atoms with Gasteiger partial charge in [0.25, 0.3) is 5.69 Å². The Morgan fingerprint density at radius 3 is 2.12 bits per heavy atom. The maximum atomic E-state index is 11.6. The Labute approximate surface area is 192 Å². The Bertz CT molecular complexity index is 678. The van der Waals surface area contributed by atoms with Crippen molar-refractivity contribution >= 4 is 14.5 Å². The second kappa shape index (κ2) is 16.0. The van der Waals surface area contributed by atoms with Crippen LogP contribution in [0.1, 0.15) is 58.6 Å². The van der Waals surface area contributed by atoms with Gasteiger partial charge in [0.15, 0.2) is 11.5 Å². The quantitative estimate of drug-likeness (QED) is 0.0674. The first-order chi connectivity index (χ1) is 15.4. The molecule has 9 nitrogen and oxygen atoms in total. The topological polar surface area (TPSA) is 98.5 Å². The number of ether oxygens (including phenoxy) is 3. The first-order valence-corrected chi connectivity index (χ1v) is 13.1. The minimum absolute atomic E-state index is 0. The summed E-state index contributed by atoms with van der Waals surface area (Å²) < 4.78 is 34.4. The molecular weight excluding hydrogens is 701 g/mol. The van der Waals surface area contributed by atoms with Gasteiger partial charge in [0.1, 0.15) is 0 Å². The van der Waals surface area contributed by atoms with E-state index in [0.717, 1.165) is 12.8 Å². The molecule has 33 heavy (non-hydrogen) atoms. The molecule has 0 heterocycles. The van der Waals surface area contributed by atoms with Crippen LogP contribution < -0.4 is 9.47 Å². The number of methoxy groups -OCH3 is 1. The van der Waals surface area contributed by atoms with Gasteiger partial charge in [0.2, 0.25) is 0 Å². The van der Waals surface area contributed by atoms with Gasteiger partial charge in [0, 0.05) is 32.5 Å². The number of nitrogens with zero attached hydrogens (tertiary/aromatic N) is 1. The van der Waals surface area contributed by atoms with Crippen molar-refractivity contribution in [2.24, 2.45) is 0 Å². The summed E-state index contributed by atoms with van der Waals surface area (Å²) in [5.74, 6) is 0.748. The van der Waals surface area contributed by atoms with E-state index >= 15 is 0 Å². The molecule has 1 unspecified atom stereocenters. The number of hydrogen-bond donors (Lipinski definition) is 0. The van der Waals surface area contributed by atoms with Gasteiger partial charge in [0.05, 0.1) is 36.4 Å².